The third-order valence-electron chi connectivity index (χ3n) is 4.96. The molecule has 0 aromatic heterocycles. The number of nitrogens with zero attached hydrogens (tertiary/aromatic N) is 2. The molecule has 0 unspecified atom stereocenters. The molecule has 2 N–H and O–H groups in total. The number of amides is 2. The Morgan fingerprint density at radius 3 is 2.09 bits per heavy atom. The van der Waals surface area contributed by atoms with Gasteiger partial charge in [0.05, 0.1) is 9.82 Å². The van der Waals surface area contributed by atoms with E-state index in [1.165, 1.54) is 41.7 Å². The lowest BCUT2D eigenvalue weighted by atomic mass is 10.1. The zero-order valence-corrected chi connectivity index (χ0v) is 19.2. The van der Waals surface area contributed by atoms with E-state index < -0.39 is 26.8 Å². The van der Waals surface area contributed by atoms with E-state index in [4.69, 9.17) is 0 Å². The molecular weight excluding hydrogens is 460 g/mol. The molecule has 0 fully saturated rings. The van der Waals surface area contributed by atoms with Crippen LogP contribution in [0.1, 0.15) is 31.8 Å². The van der Waals surface area contributed by atoms with Crippen LogP contribution in [-0.2, 0) is 16.6 Å². The third-order valence-corrected chi connectivity index (χ3v) is 6.78. The van der Waals surface area contributed by atoms with Gasteiger partial charge in [-0.2, -0.15) is 4.31 Å². The van der Waals surface area contributed by atoms with E-state index >= 15 is 0 Å². The predicted octanol–water partition coefficient (Wildman–Crippen LogP) is 2.80. The van der Waals surface area contributed by atoms with Crippen molar-refractivity contribution in [2.75, 3.05) is 7.05 Å². The SMILES string of the molecule is Cc1ccc(S(=O)(=O)N(C)Cc2ccc(C(=O)NNC(=O)c3cccc([N+](=O)[O-])c3)cc2)cc1. The second-order valence-electron chi connectivity index (χ2n) is 7.49. The first kappa shape index (κ1) is 24.6. The molecule has 0 aliphatic carbocycles. The number of rotatable bonds is 7. The summed E-state index contributed by atoms with van der Waals surface area (Å²) in [5.74, 6) is -1.32. The second-order valence-corrected chi connectivity index (χ2v) is 9.53. The molecule has 3 rings (SSSR count). The van der Waals surface area contributed by atoms with Crippen LogP contribution in [0, 0.1) is 17.0 Å². The van der Waals surface area contributed by atoms with Crippen molar-refractivity contribution in [2.24, 2.45) is 0 Å². The van der Waals surface area contributed by atoms with Crippen molar-refractivity contribution < 1.29 is 22.9 Å². The Labute approximate surface area is 196 Å². The molecule has 176 valence electrons. The first-order chi connectivity index (χ1) is 16.1. The maximum atomic E-state index is 12.7. The molecule has 3 aromatic carbocycles. The molecule has 0 aliphatic heterocycles. The molecule has 0 bridgehead atoms. The molecule has 0 radical (unpaired) electrons. The lowest BCUT2D eigenvalue weighted by Crippen LogP contribution is -2.41. The van der Waals surface area contributed by atoms with Crippen LogP contribution >= 0.6 is 0 Å². The zero-order chi connectivity index (χ0) is 24.9. The summed E-state index contributed by atoms with van der Waals surface area (Å²) in [5.41, 5.74) is 6.06. The number of hydrogen-bond donors (Lipinski definition) is 2. The number of non-ortho nitro benzene ring substituents is 1. The summed E-state index contributed by atoms with van der Waals surface area (Å²) < 4.78 is 26.7. The van der Waals surface area contributed by atoms with Crippen molar-refractivity contribution in [3.05, 3.63) is 105 Å². The summed E-state index contributed by atoms with van der Waals surface area (Å²) in [6.07, 6.45) is 0. The van der Waals surface area contributed by atoms with E-state index in [0.717, 1.165) is 11.6 Å². The number of nitro groups is 1. The first-order valence-corrected chi connectivity index (χ1v) is 11.5. The number of sulfonamides is 1. The van der Waals surface area contributed by atoms with Crippen LogP contribution in [0.5, 0.6) is 0 Å². The molecule has 2 amide bonds. The van der Waals surface area contributed by atoms with Gasteiger partial charge in [0.2, 0.25) is 10.0 Å². The minimum atomic E-state index is -3.67. The van der Waals surface area contributed by atoms with E-state index in [0.29, 0.717) is 5.56 Å². The van der Waals surface area contributed by atoms with Crippen molar-refractivity contribution in [1.82, 2.24) is 15.2 Å². The standard InChI is InChI=1S/C23H22N4O6S/c1-16-6-12-21(13-7-16)34(32,33)26(2)15-17-8-10-18(11-9-17)22(28)24-25-23(29)19-4-3-5-20(14-19)27(30)31/h3-14H,15H2,1-2H3,(H,24,28)(H,25,29). The van der Waals surface area contributed by atoms with Crippen molar-refractivity contribution >= 4 is 27.5 Å². The average Bonchev–Trinajstić information content (AvgIpc) is 2.83. The molecular formula is C23H22N4O6S. The van der Waals surface area contributed by atoms with Crippen LogP contribution in [0.4, 0.5) is 5.69 Å². The van der Waals surface area contributed by atoms with Crippen LogP contribution in [0.25, 0.3) is 0 Å². The number of aryl methyl sites for hydroxylation is 1. The highest BCUT2D eigenvalue weighted by Crippen LogP contribution is 2.18. The van der Waals surface area contributed by atoms with Gasteiger partial charge >= 0.3 is 0 Å². The maximum absolute atomic E-state index is 12.7. The van der Waals surface area contributed by atoms with Gasteiger partial charge in [-0.15, -0.1) is 0 Å². The summed E-state index contributed by atoms with van der Waals surface area (Å²) >= 11 is 0. The van der Waals surface area contributed by atoms with Crippen LogP contribution in [0.2, 0.25) is 0 Å². The van der Waals surface area contributed by atoms with Gasteiger partial charge in [-0.25, -0.2) is 8.42 Å². The molecule has 0 aliphatic rings. The molecule has 11 heteroatoms. The fourth-order valence-electron chi connectivity index (χ4n) is 3.01. The van der Waals surface area contributed by atoms with Crippen LogP contribution in [0.15, 0.2) is 77.7 Å². The predicted molar refractivity (Wildman–Crippen MR) is 124 cm³/mol. The van der Waals surface area contributed by atoms with Gasteiger partial charge in [0.1, 0.15) is 0 Å². The van der Waals surface area contributed by atoms with E-state index in [9.17, 15) is 28.1 Å². The summed E-state index contributed by atoms with van der Waals surface area (Å²) in [6.45, 7) is 1.97. The highest BCUT2D eigenvalue weighted by molar-refractivity contribution is 7.89. The number of carbonyl (C=O) groups is 2. The topological polar surface area (TPSA) is 139 Å². The van der Waals surface area contributed by atoms with Crippen LogP contribution in [-0.4, -0.2) is 36.5 Å². The van der Waals surface area contributed by atoms with Gasteiger partial charge in [0.15, 0.2) is 0 Å². The molecule has 0 saturated heterocycles. The van der Waals surface area contributed by atoms with Gasteiger partial charge in [0.25, 0.3) is 17.5 Å². The Morgan fingerprint density at radius 2 is 1.50 bits per heavy atom. The minimum absolute atomic E-state index is 0.0164. The van der Waals surface area contributed by atoms with Gasteiger partial charge in [0, 0.05) is 36.9 Å². The molecule has 3 aromatic rings. The van der Waals surface area contributed by atoms with Crippen molar-refractivity contribution in [3.8, 4) is 0 Å². The third kappa shape index (κ3) is 5.82. The molecule has 34 heavy (non-hydrogen) atoms. The van der Waals surface area contributed by atoms with Gasteiger partial charge in [-0.05, 0) is 42.8 Å². The lowest BCUT2D eigenvalue weighted by Gasteiger charge is -2.17. The molecule has 0 atom stereocenters. The second kappa shape index (κ2) is 10.2. The highest BCUT2D eigenvalue weighted by atomic mass is 32.2. The van der Waals surface area contributed by atoms with Crippen LogP contribution < -0.4 is 10.9 Å². The van der Waals surface area contributed by atoms with Crippen molar-refractivity contribution in [2.45, 2.75) is 18.4 Å². The average molecular weight is 483 g/mol. The molecule has 0 saturated carbocycles. The minimum Gasteiger partial charge on any atom is -0.267 e. The fraction of sp³-hybridized carbons (Fsp3) is 0.130. The smallest absolute Gasteiger partial charge is 0.267 e. The van der Waals surface area contributed by atoms with E-state index in [1.54, 1.807) is 36.4 Å². The number of hydrogen-bond acceptors (Lipinski definition) is 6. The fourth-order valence-corrected chi connectivity index (χ4v) is 4.17. The van der Waals surface area contributed by atoms with Crippen molar-refractivity contribution in [1.29, 1.82) is 0 Å². The number of hydrazine groups is 1. The summed E-state index contributed by atoms with van der Waals surface area (Å²) in [7, 11) is -2.20. The number of benzene rings is 3. The van der Waals surface area contributed by atoms with E-state index in [-0.39, 0.29) is 28.3 Å². The van der Waals surface area contributed by atoms with E-state index in [1.807, 2.05) is 6.92 Å². The Morgan fingerprint density at radius 1 is 0.912 bits per heavy atom. The molecule has 0 heterocycles. The number of carbonyl (C=O) groups excluding carboxylic acids is 2. The summed E-state index contributed by atoms with van der Waals surface area (Å²) in [5, 5.41) is 10.8. The van der Waals surface area contributed by atoms with Gasteiger partial charge in [-0.3, -0.25) is 30.6 Å². The van der Waals surface area contributed by atoms with Crippen molar-refractivity contribution in [3.63, 3.8) is 0 Å². The van der Waals surface area contributed by atoms with Crippen LogP contribution in [0.3, 0.4) is 0 Å². The Kier molecular flexibility index (Phi) is 7.39. The van der Waals surface area contributed by atoms with E-state index in [2.05, 4.69) is 10.9 Å². The lowest BCUT2D eigenvalue weighted by molar-refractivity contribution is -0.384. The molecule has 0 spiro atoms. The Bertz CT molecular complexity index is 1320. The quantitative estimate of drug-likeness (QED) is 0.392. The Hall–Kier alpha value is -4.09. The summed E-state index contributed by atoms with van der Waals surface area (Å²) in [6, 6.07) is 17.9. The number of nitrogens with one attached hydrogen (secondary N) is 2. The zero-order valence-electron chi connectivity index (χ0n) is 18.4. The Balaban J connectivity index is 1.60. The van der Waals surface area contributed by atoms with Gasteiger partial charge in [-0.1, -0.05) is 35.9 Å². The summed E-state index contributed by atoms with van der Waals surface area (Å²) in [4.78, 5) is 34.9. The monoisotopic (exact) mass is 482 g/mol. The first-order valence-electron chi connectivity index (χ1n) is 10.0. The normalized spacial score (nSPS) is 11.1. The largest absolute Gasteiger partial charge is 0.270 e. The highest BCUT2D eigenvalue weighted by Gasteiger charge is 2.21. The molecule has 10 nitrogen and oxygen atoms in total. The maximum Gasteiger partial charge on any atom is 0.270 e. The van der Waals surface area contributed by atoms with Gasteiger partial charge < -0.3 is 0 Å². The number of nitro benzene ring substituents is 1.